The summed E-state index contributed by atoms with van der Waals surface area (Å²) >= 11 is 3.22. The van der Waals surface area contributed by atoms with Gasteiger partial charge in [-0.1, -0.05) is 33.5 Å². The first-order valence-electron chi connectivity index (χ1n) is 3.28. The molecule has 1 rings (SSSR count). The molecule has 60 valence electrons. The highest BCUT2D eigenvalue weighted by atomic mass is 79.9. The summed E-state index contributed by atoms with van der Waals surface area (Å²) in [6.45, 7) is 0. The van der Waals surface area contributed by atoms with E-state index in [9.17, 15) is 4.79 Å². The number of hydrogen-bond acceptors (Lipinski definition) is 2. The number of ether oxygens (including phenoxy) is 1. The van der Waals surface area contributed by atoms with Crippen LogP contribution in [0.15, 0.2) is 22.7 Å². The van der Waals surface area contributed by atoms with Crippen LogP contribution in [-0.4, -0.2) is 20.9 Å². The molecule has 0 bridgehead atoms. The van der Waals surface area contributed by atoms with E-state index in [-0.39, 0.29) is 5.97 Å². The lowest BCUT2D eigenvalue weighted by Gasteiger charge is -2.01. The van der Waals surface area contributed by atoms with E-state index in [2.05, 4.69) is 20.7 Å². The molecule has 12 heavy (non-hydrogen) atoms. The van der Waals surface area contributed by atoms with E-state index in [1.165, 1.54) is 7.11 Å². The van der Waals surface area contributed by atoms with Crippen molar-refractivity contribution in [1.29, 1.82) is 0 Å². The molecule has 0 aliphatic rings. The molecule has 0 aromatic heterocycles. The van der Waals surface area contributed by atoms with E-state index in [1.807, 2.05) is 0 Å². The first-order chi connectivity index (χ1) is 5.63. The fraction of sp³-hybridized carbons (Fsp3) is 0.125. The number of esters is 1. The summed E-state index contributed by atoms with van der Waals surface area (Å²) in [7, 11) is 6.85. The molecule has 2 nitrogen and oxygen atoms in total. The average Bonchev–Trinajstić information content (AvgIpc) is 2.01. The SMILES string of the molecule is [B]c1cc(Br)cc(C(=O)OC)c1. The summed E-state index contributed by atoms with van der Waals surface area (Å²) in [4.78, 5) is 11.0. The Morgan fingerprint density at radius 3 is 2.67 bits per heavy atom. The summed E-state index contributed by atoms with van der Waals surface area (Å²) in [6, 6.07) is 4.94. The molecular weight excluding hydrogens is 219 g/mol. The molecule has 0 aliphatic heterocycles. The number of hydrogen-bond donors (Lipinski definition) is 0. The highest BCUT2D eigenvalue weighted by Gasteiger charge is 2.05. The molecule has 0 amide bonds. The normalized spacial score (nSPS) is 9.50. The van der Waals surface area contributed by atoms with E-state index >= 15 is 0 Å². The molecule has 4 heteroatoms. The second-order valence-corrected chi connectivity index (χ2v) is 3.18. The van der Waals surface area contributed by atoms with Gasteiger partial charge >= 0.3 is 5.97 Å². The molecule has 0 atom stereocenters. The van der Waals surface area contributed by atoms with Crippen LogP contribution >= 0.6 is 15.9 Å². The molecule has 0 saturated heterocycles. The van der Waals surface area contributed by atoms with Crippen LogP contribution in [0, 0.1) is 0 Å². The zero-order chi connectivity index (χ0) is 9.14. The van der Waals surface area contributed by atoms with Crippen molar-refractivity contribution in [1.82, 2.24) is 0 Å². The highest BCUT2D eigenvalue weighted by molar-refractivity contribution is 9.10. The first-order valence-corrected chi connectivity index (χ1v) is 4.07. The van der Waals surface area contributed by atoms with Gasteiger partial charge < -0.3 is 4.74 Å². The Labute approximate surface area is 80.5 Å². The molecule has 0 heterocycles. The fourth-order valence-electron chi connectivity index (χ4n) is 0.848. The maximum atomic E-state index is 11.0. The van der Waals surface area contributed by atoms with E-state index in [0.29, 0.717) is 11.0 Å². The van der Waals surface area contributed by atoms with Crippen LogP contribution in [0.25, 0.3) is 0 Å². The van der Waals surface area contributed by atoms with Crippen molar-refractivity contribution < 1.29 is 9.53 Å². The minimum Gasteiger partial charge on any atom is -0.465 e. The van der Waals surface area contributed by atoms with Crippen LogP contribution in [0.1, 0.15) is 10.4 Å². The number of methoxy groups -OCH3 is 1. The maximum Gasteiger partial charge on any atom is 0.337 e. The Bertz CT molecular complexity index is 292. The average molecular weight is 225 g/mol. The Morgan fingerprint density at radius 1 is 1.50 bits per heavy atom. The Morgan fingerprint density at radius 2 is 2.17 bits per heavy atom. The van der Waals surface area contributed by atoms with Gasteiger partial charge in [-0.2, -0.15) is 0 Å². The minimum absolute atomic E-state index is 0.386. The fourth-order valence-corrected chi connectivity index (χ4v) is 1.36. The topological polar surface area (TPSA) is 26.3 Å². The molecule has 0 aliphatic carbocycles. The lowest BCUT2D eigenvalue weighted by molar-refractivity contribution is 0.0601. The van der Waals surface area contributed by atoms with Gasteiger partial charge in [0, 0.05) is 4.47 Å². The van der Waals surface area contributed by atoms with Crippen molar-refractivity contribution in [3.63, 3.8) is 0 Å². The van der Waals surface area contributed by atoms with E-state index in [1.54, 1.807) is 18.2 Å². The van der Waals surface area contributed by atoms with Crippen LogP contribution in [0.3, 0.4) is 0 Å². The Balaban J connectivity index is 3.08. The van der Waals surface area contributed by atoms with Crippen LogP contribution in [-0.2, 0) is 4.74 Å². The molecular formula is C8H6BBrO2. The molecule has 0 spiro atoms. The van der Waals surface area contributed by atoms with E-state index in [4.69, 9.17) is 7.85 Å². The van der Waals surface area contributed by atoms with E-state index in [0.717, 1.165) is 4.47 Å². The van der Waals surface area contributed by atoms with Crippen molar-refractivity contribution in [2.45, 2.75) is 0 Å². The van der Waals surface area contributed by atoms with Gasteiger partial charge in [-0.3, -0.25) is 0 Å². The first kappa shape index (κ1) is 9.32. The van der Waals surface area contributed by atoms with Gasteiger partial charge in [0.15, 0.2) is 0 Å². The predicted octanol–water partition coefficient (Wildman–Crippen LogP) is 1.03. The smallest absolute Gasteiger partial charge is 0.337 e. The largest absolute Gasteiger partial charge is 0.465 e. The number of halogens is 1. The van der Waals surface area contributed by atoms with Gasteiger partial charge in [0.25, 0.3) is 0 Å². The summed E-state index contributed by atoms with van der Waals surface area (Å²) < 4.78 is 5.30. The third-order valence-corrected chi connectivity index (χ3v) is 1.80. The molecule has 1 aromatic carbocycles. The molecule has 2 radical (unpaired) electrons. The summed E-state index contributed by atoms with van der Waals surface area (Å²) in [5, 5.41) is 0. The Kier molecular flexibility index (Phi) is 2.92. The van der Waals surface area contributed by atoms with Gasteiger partial charge in [-0.25, -0.2) is 4.79 Å². The second-order valence-electron chi connectivity index (χ2n) is 2.26. The molecule has 0 fully saturated rings. The quantitative estimate of drug-likeness (QED) is 0.526. The molecule has 0 saturated carbocycles. The number of benzene rings is 1. The van der Waals surface area contributed by atoms with Crippen molar-refractivity contribution in [2.75, 3.05) is 7.11 Å². The number of rotatable bonds is 1. The van der Waals surface area contributed by atoms with Crippen molar-refractivity contribution in [3.05, 3.63) is 28.2 Å². The monoisotopic (exact) mass is 224 g/mol. The molecule has 0 N–H and O–H groups in total. The maximum absolute atomic E-state index is 11.0. The zero-order valence-electron chi connectivity index (χ0n) is 6.50. The van der Waals surface area contributed by atoms with Gasteiger partial charge in [0.2, 0.25) is 0 Å². The second kappa shape index (κ2) is 3.76. The predicted molar refractivity (Wildman–Crippen MR) is 50.9 cm³/mol. The van der Waals surface area contributed by atoms with Crippen LogP contribution in [0.5, 0.6) is 0 Å². The van der Waals surface area contributed by atoms with Crippen LogP contribution in [0.4, 0.5) is 0 Å². The number of carbonyl (C=O) groups is 1. The third kappa shape index (κ3) is 2.11. The minimum atomic E-state index is -0.386. The van der Waals surface area contributed by atoms with Crippen molar-refractivity contribution in [2.24, 2.45) is 0 Å². The lowest BCUT2D eigenvalue weighted by Crippen LogP contribution is -2.08. The lowest BCUT2D eigenvalue weighted by atomic mass is 9.94. The summed E-state index contributed by atoms with van der Waals surface area (Å²) in [6.07, 6.45) is 0. The third-order valence-electron chi connectivity index (χ3n) is 1.34. The van der Waals surface area contributed by atoms with Crippen molar-refractivity contribution >= 4 is 35.2 Å². The summed E-state index contributed by atoms with van der Waals surface area (Å²) in [5.74, 6) is -0.386. The summed E-state index contributed by atoms with van der Waals surface area (Å²) in [5.41, 5.74) is 0.981. The van der Waals surface area contributed by atoms with Crippen LogP contribution in [0.2, 0.25) is 0 Å². The zero-order valence-corrected chi connectivity index (χ0v) is 8.09. The number of carbonyl (C=O) groups excluding carboxylic acids is 1. The van der Waals surface area contributed by atoms with Gasteiger partial charge in [-0.05, 0) is 6.07 Å². The van der Waals surface area contributed by atoms with E-state index < -0.39 is 0 Å². The van der Waals surface area contributed by atoms with Gasteiger partial charge in [0.1, 0.15) is 7.85 Å². The molecule has 1 aromatic rings. The van der Waals surface area contributed by atoms with Gasteiger partial charge in [-0.15, -0.1) is 0 Å². The molecule has 0 unspecified atom stereocenters. The Hall–Kier alpha value is -0.765. The highest BCUT2D eigenvalue weighted by Crippen LogP contribution is 2.10. The van der Waals surface area contributed by atoms with Gasteiger partial charge in [0.05, 0.1) is 12.7 Å². The van der Waals surface area contributed by atoms with Crippen LogP contribution < -0.4 is 5.46 Å². The van der Waals surface area contributed by atoms with Crippen molar-refractivity contribution in [3.8, 4) is 0 Å². The standard InChI is InChI=1S/C8H6BBrO2/c1-12-8(11)5-2-6(9)4-7(10)3-5/h2-4H,1H3.